The molecule has 2 rings (SSSR count). The van der Waals surface area contributed by atoms with Gasteiger partial charge in [-0.15, -0.1) is 0 Å². The molecule has 21 heavy (non-hydrogen) atoms. The Bertz CT molecular complexity index is 431. The molecule has 1 aliphatic rings. The lowest BCUT2D eigenvalue weighted by molar-refractivity contribution is 0.264. The summed E-state index contributed by atoms with van der Waals surface area (Å²) in [7, 11) is 4.37. The van der Waals surface area contributed by atoms with E-state index in [-0.39, 0.29) is 5.54 Å². The third-order valence-corrected chi connectivity index (χ3v) is 4.23. The standard InChI is InChI=1S/C18H31N3/c1-18(2,3)19-12-15-6-8-16(9-7-15)13-21-11-10-17(14-21)20(4)5/h6-9,17,19H,10-14H2,1-5H3. The van der Waals surface area contributed by atoms with Crippen LogP contribution in [0.3, 0.4) is 0 Å². The summed E-state index contributed by atoms with van der Waals surface area (Å²) in [6, 6.07) is 9.80. The number of likely N-dealkylation sites (N-methyl/N-ethyl adjacent to an activating group) is 1. The summed E-state index contributed by atoms with van der Waals surface area (Å²) in [4.78, 5) is 4.91. The van der Waals surface area contributed by atoms with Crippen molar-refractivity contribution in [1.29, 1.82) is 0 Å². The summed E-state index contributed by atoms with van der Waals surface area (Å²) in [6.45, 7) is 11.0. The third kappa shape index (κ3) is 5.42. The molecule has 3 heteroatoms. The highest BCUT2D eigenvalue weighted by Crippen LogP contribution is 2.16. The number of hydrogen-bond donors (Lipinski definition) is 1. The van der Waals surface area contributed by atoms with Crippen molar-refractivity contribution in [2.75, 3.05) is 27.2 Å². The molecule has 1 unspecified atom stereocenters. The van der Waals surface area contributed by atoms with Crippen LogP contribution in [0.15, 0.2) is 24.3 Å². The van der Waals surface area contributed by atoms with E-state index >= 15 is 0 Å². The van der Waals surface area contributed by atoms with Crippen molar-refractivity contribution >= 4 is 0 Å². The zero-order valence-corrected chi connectivity index (χ0v) is 14.3. The van der Waals surface area contributed by atoms with Gasteiger partial charge in [0.05, 0.1) is 0 Å². The largest absolute Gasteiger partial charge is 0.308 e. The minimum absolute atomic E-state index is 0.176. The van der Waals surface area contributed by atoms with E-state index in [1.54, 1.807) is 0 Å². The predicted octanol–water partition coefficient (Wildman–Crippen LogP) is 2.71. The van der Waals surface area contributed by atoms with E-state index < -0.39 is 0 Å². The van der Waals surface area contributed by atoms with Gasteiger partial charge in [0.15, 0.2) is 0 Å². The predicted molar refractivity (Wildman–Crippen MR) is 90.4 cm³/mol. The van der Waals surface area contributed by atoms with Crippen LogP contribution in [0.2, 0.25) is 0 Å². The van der Waals surface area contributed by atoms with E-state index in [0.717, 1.165) is 19.1 Å². The normalized spacial score (nSPS) is 20.4. The van der Waals surface area contributed by atoms with Crippen LogP contribution < -0.4 is 5.32 Å². The summed E-state index contributed by atoms with van der Waals surface area (Å²) >= 11 is 0. The molecule has 0 amide bonds. The maximum Gasteiger partial charge on any atom is 0.0234 e. The number of nitrogens with zero attached hydrogens (tertiary/aromatic N) is 2. The second-order valence-corrected chi connectivity index (χ2v) is 7.56. The molecule has 0 spiro atoms. The van der Waals surface area contributed by atoms with Crippen molar-refractivity contribution < 1.29 is 0 Å². The second kappa shape index (κ2) is 6.91. The number of nitrogens with one attached hydrogen (secondary N) is 1. The van der Waals surface area contributed by atoms with Crippen molar-refractivity contribution in [3.8, 4) is 0 Å². The van der Waals surface area contributed by atoms with Gasteiger partial charge in [0, 0.05) is 37.8 Å². The Morgan fingerprint density at radius 2 is 1.76 bits per heavy atom. The Hall–Kier alpha value is -0.900. The molecule has 1 saturated heterocycles. The van der Waals surface area contributed by atoms with E-state index in [1.165, 1.54) is 30.6 Å². The zero-order chi connectivity index (χ0) is 15.5. The molecule has 1 heterocycles. The molecule has 118 valence electrons. The summed E-state index contributed by atoms with van der Waals surface area (Å²) < 4.78 is 0. The number of likely N-dealkylation sites (tertiary alicyclic amines) is 1. The van der Waals surface area contributed by atoms with E-state index in [1.807, 2.05) is 0 Å². The maximum atomic E-state index is 3.53. The van der Waals surface area contributed by atoms with Crippen LogP contribution >= 0.6 is 0 Å². The van der Waals surface area contributed by atoms with Gasteiger partial charge in [0.2, 0.25) is 0 Å². The molecule has 0 aromatic heterocycles. The first-order valence-electron chi connectivity index (χ1n) is 8.05. The van der Waals surface area contributed by atoms with Gasteiger partial charge >= 0.3 is 0 Å². The lowest BCUT2D eigenvalue weighted by Gasteiger charge is -2.21. The Morgan fingerprint density at radius 1 is 1.14 bits per heavy atom. The van der Waals surface area contributed by atoms with Gasteiger partial charge in [0.25, 0.3) is 0 Å². The molecule has 3 nitrogen and oxygen atoms in total. The first-order valence-corrected chi connectivity index (χ1v) is 8.05. The number of rotatable bonds is 5. The fourth-order valence-corrected chi connectivity index (χ4v) is 2.77. The molecule has 1 N–H and O–H groups in total. The molecule has 1 aliphatic heterocycles. The Morgan fingerprint density at radius 3 is 2.29 bits per heavy atom. The Balaban J connectivity index is 1.83. The minimum atomic E-state index is 0.176. The minimum Gasteiger partial charge on any atom is -0.308 e. The first kappa shape index (κ1) is 16.5. The zero-order valence-electron chi connectivity index (χ0n) is 14.3. The monoisotopic (exact) mass is 289 g/mol. The highest BCUT2D eigenvalue weighted by atomic mass is 15.2. The van der Waals surface area contributed by atoms with Crippen molar-refractivity contribution in [2.24, 2.45) is 0 Å². The molecule has 0 saturated carbocycles. The maximum absolute atomic E-state index is 3.53. The van der Waals surface area contributed by atoms with Crippen molar-refractivity contribution in [2.45, 2.75) is 51.9 Å². The van der Waals surface area contributed by atoms with Crippen LogP contribution in [0, 0.1) is 0 Å². The number of hydrogen-bond acceptors (Lipinski definition) is 3. The first-order chi connectivity index (χ1) is 9.83. The van der Waals surface area contributed by atoms with E-state index in [0.29, 0.717) is 0 Å². The highest BCUT2D eigenvalue weighted by Gasteiger charge is 2.23. The van der Waals surface area contributed by atoms with Gasteiger partial charge in [0.1, 0.15) is 0 Å². The average molecular weight is 289 g/mol. The smallest absolute Gasteiger partial charge is 0.0234 e. The molecular weight excluding hydrogens is 258 g/mol. The van der Waals surface area contributed by atoms with Crippen molar-refractivity contribution in [1.82, 2.24) is 15.1 Å². The lowest BCUT2D eigenvalue weighted by Crippen LogP contribution is -2.35. The van der Waals surface area contributed by atoms with Crippen molar-refractivity contribution in [3.05, 3.63) is 35.4 Å². The lowest BCUT2D eigenvalue weighted by atomic mass is 10.1. The average Bonchev–Trinajstić information content (AvgIpc) is 2.86. The summed E-state index contributed by atoms with van der Waals surface area (Å²) in [6.07, 6.45) is 1.29. The van der Waals surface area contributed by atoms with Crippen LogP contribution in [-0.4, -0.2) is 48.6 Å². The third-order valence-electron chi connectivity index (χ3n) is 4.23. The molecular formula is C18H31N3. The van der Waals surface area contributed by atoms with Gasteiger partial charge in [-0.3, -0.25) is 4.90 Å². The van der Waals surface area contributed by atoms with Crippen LogP contribution in [0.25, 0.3) is 0 Å². The van der Waals surface area contributed by atoms with E-state index in [9.17, 15) is 0 Å². The van der Waals surface area contributed by atoms with Gasteiger partial charge in [-0.2, -0.15) is 0 Å². The molecule has 0 bridgehead atoms. The number of benzene rings is 1. The van der Waals surface area contributed by atoms with E-state index in [4.69, 9.17) is 0 Å². The van der Waals surface area contributed by atoms with E-state index in [2.05, 4.69) is 74.2 Å². The van der Waals surface area contributed by atoms with Gasteiger partial charge < -0.3 is 10.2 Å². The summed E-state index contributed by atoms with van der Waals surface area (Å²) in [5, 5.41) is 3.53. The molecule has 1 fully saturated rings. The van der Waals surface area contributed by atoms with Crippen LogP contribution in [0.5, 0.6) is 0 Å². The van der Waals surface area contributed by atoms with Crippen LogP contribution in [-0.2, 0) is 13.1 Å². The van der Waals surface area contributed by atoms with Gasteiger partial charge in [-0.05, 0) is 52.4 Å². The topological polar surface area (TPSA) is 18.5 Å². The molecule has 0 radical (unpaired) electrons. The second-order valence-electron chi connectivity index (χ2n) is 7.56. The van der Waals surface area contributed by atoms with Gasteiger partial charge in [-0.25, -0.2) is 0 Å². The molecule has 1 aromatic carbocycles. The van der Waals surface area contributed by atoms with Crippen LogP contribution in [0.1, 0.15) is 38.3 Å². The fraction of sp³-hybridized carbons (Fsp3) is 0.667. The van der Waals surface area contributed by atoms with Gasteiger partial charge in [-0.1, -0.05) is 24.3 Å². The fourth-order valence-electron chi connectivity index (χ4n) is 2.77. The Kier molecular flexibility index (Phi) is 5.42. The summed E-state index contributed by atoms with van der Waals surface area (Å²) in [5.41, 5.74) is 2.96. The van der Waals surface area contributed by atoms with Crippen LogP contribution in [0.4, 0.5) is 0 Å². The molecule has 1 aromatic rings. The Labute approximate surface area is 130 Å². The van der Waals surface area contributed by atoms with Crippen molar-refractivity contribution in [3.63, 3.8) is 0 Å². The highest BCUT2D eigenvalue weighted by molar-refractivity contribution is 5.22. The summed E-state index contributed by atoms with van der Waals surface area (Å²) in [5.74, 6) is 0. The molecule has 1 atom stereocenters. The molecule has 0 aliphatic carbocycles. The quantitative estimate of drug-likeness (QED) is 0.899. The SMILES string of the molecule is CN(C)C1CCN(Cc2ccc(CNC(C)(C)C)cc2)C1.